The second-order valence-corrected chi connectivity index (χ2v) is 10.4. The molecular weight excluding hydrogens is 396 g/mol. The molecule has 0 spiro atoms. The second-order valence-electron chi connectivity index (χ2n) is 10.4. The number of urea groups is 1. The normalized spacial score (nSPS) is 22.2. The number of rotatable bonds is 5. The molecule has 0 saturated carbocycles. The number of nitrogens with zero attached hydrogens (tertiary/aromatic N) is 2. The third-order valence-corrected chi connectivity index (χ3v) is 8.09. The smallest absolute Gasteiger partial charge is 0.319 e. The van der Waals surface area contributed by atoms with Gasteiger partial charge in [0.15, 0.2) is 0 Å². The molecular formula is C28H38N2O2. The van der Waals surface area contributed by atoms with Gasteiger partial charge in [-0.05, 0) is 78.7 Å². The van der Waals surface area contributed by atoms with Gasteiger partial charge >= 0.3 is 6.03 Å². The van der Waals surface area contributed by atoms with Gasteiger partial charge < -0.3 is 14.5 Å². The third-order valence-electron chi connectivity index (χ3n) is 8.09. The van der Waals surface area contributed by atoms with Gasteiger partial charge in [0.2, 0.25) is 0 Å². The number of hydrogen-bond acceptors (Lipinski definition) is 2. The van der Waals surface area contributed by atoms with E-state index in [4.69, 9.17) is 4.74 Å². The van der Waals surface area contributed by atoms with Crippen LogP contribution in [-0.2, 0) is 11.8 Å². The molecule has 1 fully saturated rings. The summed E-state index contributed by atoms with van der Waals surface area (Å²) in [5, 5.41) is 0. The minimum atomic E-state index is -0.0346. The Morgan fingerprint density at radius 1 is 1.00 bits per heavy atom. The van der Waals surface area contributed by atoms with Crippen molar-refractivity contribution in [2.24, 2.45) is 5.41 Å². The molecule has 32 heavy (non-hydrogen) atoms. The van der Waals surface area contributed by atoms with Gasteiger partial charge in [0, 0.05) is 26.7 Å². The number of para-hydroxylation sites is 1. The predicted molar refractivity (Wildman–Crippen MR) is 130 cm³/mol. The minimum absolute atomic E-state index is 0.0346. The fourth-order valence-electron chi connectivity index (χ4n) is 5.42. The van der Waals surface area contributed by atoms with Crippen molar-refractivity contribution in [2.45, 2.75) is 64.7 Å². The molecule has 0 radical (unpaired) electrons. The van der Waals surface area contributed by atoms with E-state index in [1.807, 2.05) is 47.2 Å². The lowest BCUT2D eigenvalue weighted by molar-refractivity contribution is 0.113. The van der Waals surface area contributed by atoms with Crippen molar-refractivity contribution in [1.82, 2.24) is 9.80 Å². The Labute approximate surface area is 193 Å². The Hall–Kier alpha value is -2.49. The van der Waals surface area contributed by atoms with Crippen molar-refractivity contribution in [3.63, 3.8) is 0 Å². The quantitative estimate of drug-likeness (QED) is 0.529. The number of likely N-dealkylation sites (tertiary alicyclic amines) is 1. The Kier molecular flexibility index (Phi) is 6.50. The molecule has 1 saturated heterocycles. The molecule has 2 aromatic rings. The largest absolute Gasteiger partial charge is 0.457 e. The van der Waals surface area contributed by atoms with Crippen LogP contribution in [0.1, 0.15) is 64.0 Å². The number of fused-ring (bicyclic) bond motifs is 1. The Bertz CT molecular complexity index is 934. The summed E-state index contributed by atoms with van der Waals surface area (Å²) in [6.45, 7) is 9.71. The summed E-state index contributed by atoms with van der Waals surface area (Å²) < 4.78 is 6.31. The molecule has 2 amide bonds. The van der Waals surface area contributed by atoms with E-state index in [-0.39, 0.29) is 16.9 Å². The Morgan fingerprint density at radius 2 is 1.72 bits per heavy atom. The number of piperidine rings is 1. The Morgan fingerprint density at radius 3 is 2.44 bits per heavy atom. The SMILES string of the molecule is CN(CC[C@@]1(C)c2cccc(Oc3ccccc3)c2CCC1(C)C)C(=O)N1CCCCC1. The summed E-state index contributed by atoms with van der Waals surface area (Å²) in [4.78, 5) is 16.9. The number of carbonyl (C=O) groups is 1. The van der Waals surface area contributed by atoms with Crippen LogP contribution < -0.4 is 4.74 Å². The van der Waals surface area contributed by atoms with Gasteiger partial charge in [0.1, 0.15) is 11.5 Å². The summed E-state index contributed by atoms with van der Waals surface area (Å²) in [7, 11) is 1.96. The van der Waals surface area contributed by atoms with Gasteiger partial charge in [-0.15, -0.1) is 0 Å². The first-order chi connectivity index (χ1) is 15.3. The zero-order valence-corrected chi connectivity index (χ0v) is 20.2. The molecule has 2 aromatic carbocycles. The van der Waals surface area contributed by atoms with Crippen molar-refractivity contribution >= 4 is 6.03 Å². The summed E-state index contributed by atoms with van der Waals surface area (Å²) >= 11 is 0. The highest BCUT2D eigenvalue weighted by Gasteiger charge is 2.46. The van der Waals surface area contributed by atoms with Gasteiger partial charge in [0.25, 0.3) is 0 Å². The lowest BCUT2D eigenvalue weighted by atomic mass is 9.55. The van der Waals surface area contributed by atoms with E-state index >= 15 is 0 Å². The van der Waals surface area contributed by atoms with Crippen LogP contribution in [0.4, 0.5) is 4.79 Å². The van der Waals surface area contributed by atoms with E-state index in [2.05, 4.69) is 39.0 Å². The molecule has 0 bridgehead atoms. The number of ether oxygens (including phenoxy) is 1. The summed E-state index contributed by atoms with van der Waals surface area (Å²) in [6, 6.07) is 16.7. The number of benzene rings is 2. The van der Waals surface area contributed by atoms with Crippen LogP contribution >= 0.6 is 0 Å². The molecule has 1 atom stereocenters. The zero-order chi connectivity index (χ0) is 22.8. The molecule has 1 aliphatic carbocycles. The van der Waals surface area contributed by atoms with Crippen LogP contribution in [-0.4, -0.2) is 42.5 Å². The average molecular weight is 435 g/mol. The van der Waals surface area contributed by atoms with E-state index in [9.17, 15) is 4.79 Å². The van der Waals surface area contributed by atoms with Crippen LogP contribution in [0.15, 0.2) is 48.5 Å². The number of hydrogen-bond donors (Lipinski definition) is 0. The van der Waals surface area contributed by atoms with E-state index < -0.39 is 0 Å². The van der Waals surface area contributed by atoms with Gasteiger partial charge in [-0.2, -0.15) is 0 Å². The first-order valence-electron chi connectivity index (χ1n) is 12.2. The van der Waals surface area contributed by atoms with Gasteiger partial charge in [0.05, 0.1) is 0 Å². The molecule has 4 nitrogen and oxygen atoms in total. The minimum Gasteiger partial charge on any atom is -0.457 e. The highest BCUT2D eigenvalue weighted by Crippen LogP contribution is 2.53. The van der Waals surface area contributed by atoms with Crippen molar-refractivity contribution in [2.75, 3.05) is 26.7 Å². The first kappa shape index (κ1) is 22.7. The maximum atomic E-state index is 13.0. The highest BCUT2D eigenvalue weighted by molar-refractivity contribution is 5.74. The van der Waals surface area contributed by atoms with Gasteiger partial charge in [-0.25, -0.2) is 4.79 Å². The van der Waals surface area contributed by atoms with Crippen LogP contribution in [0.2, 0.25) is 0 Å². The number of carbonyl (C=O) groups excluding carboxylic acids is 1. The zero-order valence-electron chi connectivity index (χ0n) is 20.2. The maximum Gasteiger partial charge on any atom is 0.319 e. The molecule has 2 aliphatic rings. The van der Waals surface area contributed by atoms with E-state index in [0.29, 0.717) is 0 Å². The molecule has 0 N–H and O–H groups in total. The fourth-order valence-corrected chi connectivity index (χ4v) is 5.42. The topological polar surface area (TPSA) is 32.8 Å². The lowest BCUT2D eigenvalue weighted by Gasteiger charge is -2.50. The molecule has 1 heterocycles. The first-order valence-corrected chi connectivity index (χ1v) is 12.2. The maximum absolute atomic E-state index is 13.0. The standard InChI is InChI=1S/C28H38N2O2/c1-27(2)17-16-23-24(14-11-15-25(23)32-22-12-7-5-8-13-22)28(27,3)18-21-29(4)26(31)30-19-9-6-10-20-30/h5,7-8,11-15H,6,9-10,16-21H2,1-4H3/t28-/m0/s1. The average Bonchev–Trinajstić information content (AvgIpc) is 2.81. The van der Waals surface area contributed by atoms with E-state index in [1.165, 1.54) is 17.5 Å². The highest BCUT2D eigenvalue weighted by atomic mass is 16.5. The Balaban J connectivity index is 1.56. The molecule has 0 aromatic heterocycles. The summed E-state index contributed by atoms with van der Waals surface area (Å²) in [6.07, 6.45) is 6.56. The molecule has 4 rings (SSSR count). The number of amides is 2. The van der Waals surface area contributed by atoms with Crippen molar-refractivity contribution in [3.05, 3.63) is 59.7 Å². The monoisotopic (exact) mass is 434 g/mol. The van der Waals surface area contributed by atoms with Crippen LogP contribution in [0.25, 0.3) is 0 Å². The lowest BCUT2D eigenvalue weighted by Crippen LogP contribution is -2.48. The van der Waals surface area contributed by atoms with E-state index in [0.717, 1.165) is 63.2 Å². The molecule has 4 heteroatoms. The van der Waals surface area contributed by atoms with Crippen molar-refractivity contribution in [3.8, 4) is 11.5 Å². The van der Waals surface area contributed by atoms with Crippen molar-refractivity contribution in [1.29, 1.82) is 0 Å². The van der Waals surface area contributed by atoms with Gasteiger partial charge in [-0.3, -0.25) is 0 Å². The molecule has 0 unspecified atom stereocenters. The molecule has 1 aliphatic heterocycles. The summed E-state index contributed by atoms with van der Waals surface area (Å²) in [5.74, 6) is 1.84. The van der Waals surface area contributed by atoms with Gasteiger partial charge in [-0.1, -0.05) is 51.1 Å². The van der Waals surface area contributed by atoms with Crippen LogP contribution in [0.5, 0.6) is 11.5 Å². The fraction of sp³-hybridized carbons (Fsp3) is 0.536. The van der Waals surface area contributed by atoms with Crippen LogP contribution in [0.3, 0.4) is 0 Å². The van der Waals surface area contributed by atoms with Crippen LogP contribution in [0, 0.1) is 5.41 Å². The molecule has 172 valence electrons. The van der Waals surface area contributed by atoms with E-state index in [1.54, 1.807) is 0 Å². The summed E-state index contributed by atoms with van der Waals surface area (Å²) in [5.41, 5.74) is 2.80. The third kappa shape index (κ3) is 4.37. The second kappa shape index (κ2) is 9.17. The van der Waals surface area contributed by atoms with Crippen molar-refractivity contribution < 1.29 is 9.53 Å². The predicted octanol–water partition coefficient (Wildman–Crippen LogP) is 6.64.